The molecule has 0 bridgehead atoms. The smallest absolute Gasteiger partial charge is 0.339 e. The maximum atomic E-state index is 11.8. The van der Waals surface area contributed by atoms with Gasteiger partial charge in [-0.15, -0.1) is 0 Å². The van der Waals surface area contributed by atoms with Crippen molar-refractivity contribution < 1.29 is 22.8 Å². The average Bonchev–Trinajstić information content (AvgIpc) is 2.28. The first kappa shape index (κ1) is 14.7. The molecule has 0 saturated carbocycles. The monoisotopic (exact) mass is 268 g/mol. The van der Waals surface area contributed by atoms with Crippen molar-refractivity contribution in [2.75, 3.05) is 39.8 Å². The number of hydrogen-bond donors (Lipinski definition) is 2. The van der Waals surface area contributed by atoms with Gasteiger partial charge in [-0.25, -0.2) is 5.01 Å². The molecule has 1 aliphatic rings. The van der Waals surface area contributed by atoms with Crippen LogP contribution in [0.5, 0.6) is 0 Å². The molecule has 1 aliphatic heterocycles. The summed E-state index contributed by atoms with van der Waals surface area (Å²) in [6.45, 7) is 2.01. The quantitative estimate of drug-likeness (QED) is 0.685. The summed E-state index contributed by atoms with van der Waals surface area (Å²) in [5, 5.41) is 3.12. The first-order valence-electron chi connectivity index (χ1n) is 5.37. The van der Waals surface area contributed by atoms with Crippen LogP contribution in [0.3, 0.4) is 0 Å². The molecule has 1 saturated heterocycles. The Morgan fingerprint density at radius 1 is 1.17 bits per heavy atom. The number of likely N-dealkylation sites (N-methyl/N-ethyl adjacent to an activating group) is 1. The van der Waals surface area contributed by atoms with Gasteiger partial charge in [-0.1, -0.05) is 0 Å². The molecule has 0 unspecified atom stereocenters. The summed E-state index contributed by atoms with van der Waals surface area (Å²) in [5.74, 6) is -2.78. The summed E-state index contributed by atoms with van der Waals surface area (Å²) in [5.41, 5.74) is 2.43. The summed E-state index contributed by atoms with van der Waals surface area (Å²) < 4.78 is 35.5. The van der Waals surface area contributed by atoms with Crippen molar-refractivity contribution >= 4 is 11.8 Å². The largest absolute Gasteiger partial charge is 0.471 e. The number of nitrogens with one attached hydrogen (secondary N) is 2. The minimum Gasteiger partial charge on any atom is -0.339 e. The lowest BCUT2D eigenvalue weighted by molar-refractivity contribution is -0.173. The lowest BCUT2D eigenvalue weighted by Crippen LogP contribution is -2.54. The number of rotatable bonds is 3. The minimum atomic E-state index is -4.96. The molecule has 1 fully saturated rings. The van der Waals surface area contributed by atoms with Gasteiger partial charge in [-0.05, 0) is 7.05 Å². The predicted octanol–water partition coefficient (Wildman–Crippen LogP) is -1.06. The molecule has 6 nitrogen and oxygen atoms in total. The molecule has 9 heteroatoms. The lowest BCUT2D eigenvalue weighted by Gasteiger charge is -2.32. The molecule has 0 radical (unpaired) electrons. The highest BCUT2D eigenvalue weighted by atomic mass is 19.4. The van der Waals surface area contributed by atoms with Crippen LogP contribution in [0, 0.1) is 0 Å². The van der Waals surface area contributed by atoms with Crippen LogP contribution in [0.2, 0.25) is 0 Å². The Labute approximate surface area is 102 Å². The van der Waals surface area contributed by atoms with Crippen molar-refractivity contribution in [2.45, 2.75) is 6.18 Å². The van der Waals surface area contributed by atoms with Gasteiger partial charge >= 0.3 is 12.1 Å². The average molecular weight is 268 g/mol. The van der Waals surface area contributed by atoms with Crippen LogP contribution in [0.4, 0.5) is 13.2 Å². The molecule has 18 heavy (non-hydrogen) atoms. The molecule has 104 valence electrons. The zero-order valence-electron chi connectivity index (χ0n) is 9.88. The third-order valence-electron chi connectivity index (χ3n) is 2.45. The van der Waals surface area contributed by atoms with E-state index in [1.807, 2.05) is 7.05 Å². The Morgan fingerprint density at radius 2 is 1.72 bits per heavy atom. The second-order valence-corrected chi connectivity index (χ2v) is 4.01. The van der Waals surface area contributed by atoms with Gasteiger partial charge in [-0.2, -0.15) is 13.2 Å². The van der Waals surface area contributed by atoms with Gasteiger partial charge in [0.1, 0.15) is 0 Å². The Kier molecular flexibility index (Phi) is 4.91. The van der Waals surface area contributed by atoms with Gasteiger partial charge < -0.3 is 10.2 Å². The molecule has 0 aromatic rings. The fourth-order valence-corrected chi connectivity index (χ4v) is 1.39. The predicted molar refractivity (Wildman–Crippen MR) is 56.3 cm³/mol. The van der Waals surface area contributed by atoms with E-state index in [4.69, 9.17) is 0 Å². The number of carbonyl (C=O) groups excluding carboxylic acids is 2. The van der Waals surface area contributed by atoms with Crippen LogP contribution >= 0.6 is 0 Å². The fraction of sp³-hybridized carbons (Fsp3) is 0.778. The highest BCUT2D eigenvalue weighted by Gasteiger charge is 2.38. The first-order valence-corrected chi connectivity index (χ1v) is 5.37. The Morgan fingerprint density at radius 3 is 2.22 bits per heavy atom. The van der Waals surface area contributed by atoms with Gasteiger partial charge in [0.15, 0.2) is 0 Å². The van der Waals surface area contributed by atoms with E-state index in [1.165, 1.54) is 5.32 Å². The number of amides is 2. The molecule has 0 spiro atoms. The van der Waals surface area contributed by atoms with Gasteiger partial charge in [-0.3, -0.25) is 15.0 Å². The van der Waals surface area contributed by atoms with Crippen LogP contribution in [-0.4, -0.2) is 67.7 Å². The zero-order valence-corrected chi connectivity index (χ0v) is 9.88. The van der Waals surface area contributed by atoms with E-state index < -0.39 is 24.5 Å². The van der Waals surface area contributed by atoms with Gasteiger partial charge in [0, 0.05) is 26.2 Å². The van der Waals surface area contributed by atoms with Crippen molar-refractivity contribution in [3.05, 3.63) is 0 Å². The molecule has 0 aromatic carbocycles. The van der Waals surface area contributed by atoms with Crippen LogP contribution in [0.1, 0.15) is 0 Å². The van der Waals surface area contributed by atoms with Crippen LogP contribution < -0.4 is 10.7 Å². The third kappa shape index (κ3) is 4.88. The Balaban J connectivity index is 2.24. The number of alkyl halides is 3. The summed E-state index contributed by atoms with van der Waals surface area (Å²) in [7, 11) is 1.93. The van der Waals surface area contributed by atoms with Gasteiger partial charge in [0.2, 0.25) is 0 Å². The standard InChI is InChI=1S/C9H15F3N4O2/c1-15-2-4-16(5-3-15)14-7(17)6-13-8(18)9(10,11)12/h2-6H2,1H3,(H,13,18)(H,14,17). The highest BCUT2D eigenvalue weighted by Crippen LogP contribution is 2.13. The normalized spacial score (nSPS) is 18.4. The summed E-state index contributed by atoms with van der Waals surface area (Å²) >= 11 is 0. The molecule has 0 aromatic heterocycles. The van der Waals surface area contributed by atoms with Crippen LogP contribution in [-0.2, 0) is 9.59 Å². The molecular formula is C9H15F3N4O2. The second kappa shape index (κ2) is 6.01. The maximum Gasteiger partial charge on any atom is 0.471 e. The van der Waals surface area contributed by atoms with E-state index in [2.05, 4.69) is 10.3 Å². The number of hydrogen-bond acceptors (Lipinski definition) is 4. The van der Waals surface area contributed by atoms with Gasteiger partial charge in [0.05, 0.1) is 6.54 Å². The molecule has 2 amide bonds. The highest BCUT2D eigenvalue weighted by molar-refractivity contribution is 5.87. The SMILES string of the molecule is CN1CCN(NC(=O)CNC(=O)C(F)(F)F)CC1. The van der Waals surface area contributed by atoms with Crippen LogP contribution in [0.25, 0.3) is 0 Å². The number of halogens is 3. The van der Waals surface area contributed by atoms with Crippen molar-refractivity contribution in [3.63, 3.8) is 0 Å². The Bertz CT molecular complexity index is 313. The first-order chi connectivity index (χ1) is 8.29. The summed E-state index contributed by atoms with van der Waals surface area (Å²) in [6.07, 6.45) is -4.96. The van der Waals surface area contributed by atoms with Crippen molar-refractivity contribution in [1.82, 2.24) is 20.7 Å². The molecular weight excluding hydrogens is 253 g/mol. The molecule has 1 rings (SSSR count). The molecule has 1 heterocycles. The van der Waals surface area contributed by atoms with Crippen LogP contribution in [0.15, 0.2) is 0 Å². The number of piperazine rings is 1. The van der Waals surface area contributed by atoms with E-state index in [0.29, 0.717) is 13.1 Å². The Hall–Kier alpha value is -1.35. The van der Waals surface area contributed by atoms with E-state index in [9.17, 15) is 22.8 Å². The van der Waals surface area contributed by atoms with E-state index in [1.54, 1.807) is 5.01 Å². The van der Waals surface area contributed by atoms with E-state index in [-0.39, 0.29) is 0 Å². The summed E-state index contributed by atoms with van der Waals surface area (Å²) in [4.78, 5) is 23.8. The maximum absolute atomic E-state index is 11.8. The third-order valence-corrected chi connectivity index (χ3v) is 2.45. The second-order valence-electron chi connectivity index (χ2n) is 4.01. The van der Waals surface area contributed by atoms with Crippen molar-refractivity contribution in [1.29, 1.82) is 0 Å². The number of hydrazine groups is 1. The van der Waals surface area contributed by atoms with Crippen molar-refractivity contribution in [2.24, 2.45) is 0 Å². The van der Waals surface area contributed by atoms with E-state index in [0.717, 1.165) is 13.1 Å². The molecule has 0 atom stereocenters. The number of nitrogens with zero attached hydrogens (tertiary/aromatic N) is 2. The molecule has 2 N–H and O–H groups in total. The lowest BCUT2D eigenvalue weighted by atomic mass is 10.4. The zero-order chi connectivity index (χ0) is 13.8. The minimum absolute atomic E-state index is 0.593. The van der Waals surface area contributed by atoms with Crippen molar-refractivity contribution in [3.8, 4) is 0 Å². The van der Waals surface area contributed by atoms with E-state index >= 15 is 0 Å². The summed E-state index contributed by atoms with van der Waals surface area (Å²) in [6, 6.07) is 0. The number of carbonyl (C=O) groups is 2. The molecule has 0 aliphatic carbocycles. The fourth-order valence-electron chi connectivity index (χ4n) is 1.39. The van der Waals surface area contributed by atoms with Gasteiger partial charge in [0.25, 0.3) is 5.91 Å². The topological polar surface area (TPSA) is 64.7 Å².